The van der Waals surface area contributed by atoms with Gasteiger partial charge in [-0.1, -0.05) is 0 Å². The third kappa shape index (κ3) is 7.24. The van der Waals surface area contributed by atoms with Crippen LogP contribution in [0.1, 0.15) is 44.2 Å². The van der Waals surface area contributed by atoms with E-state index in [-0.39, 0.29) is 24.1 Å². The van der Waals surface area contributed by atoms with E-state index in [1.165, 1.54) is 0 Å². The van der Waals surface area contributed by atoms with Crippen LogP contribution in [0.15, 0.2) is 21.2 Å². The lowest BCUT2D eigenvalue weighted by molar-refractivity contribution is -0.131. The van der Waals surface area contributed by atoms with E-state index >= 15 is 0 Å². The highest BCUT2D eigenvalue weighted by Crippen LogP contribution is 2.17. The van der Waals surface area contributed by atoms with Crippen molar-refractivity contribution in [1.82, 2.24) is 15.5 Å². The second-order valence-corrected chi connectivity index (χ2v) is 8.27. The molecule has 1 fully saturated rings. The number of halogens is 1. The standard InChI is InChI=1S/C18H26BrN3O5/c1-18(2,3)27-17(25)21-11-15(23)22-8-6-12(7-9-22)10-20-16(24)13-4-5-14(19)26-13/h4-5,12H,6-11H2,1-3H3,(H,20,24)(H,21,25). The Morgan fingerprint density at radius 3 is 2.44 bits per heavy atom. The SMILES string of the molecule is CC(C)(C)OC(=O)NCC(=O)N1CCC(CNC(=O)c2ccc(Br)o2)CC1. The lowest BCUT2D eigenvalue weighted by Crippen LogP contribution is -2.46. The van der Waals surface area contributed by atoms with Gasteiger partial charge in [0.2, 0.25) is 5.91 Å². The van der Waals surface area contributed by atoms with Crippen LogP contribution in [0, 0.1) is 5.92 Å². The smallest absolute Gasteiger partial charge is 0.408 e. The molecule has 3 amide bonds. The molecule has 9 heteroatoms. The minimum absolute atomic E-state index is 0.0797. The van der Waals surface area contributed by atoms with Crippen molar-refractivity contribution in [2.45, 2.75) is 39.2 Å². The van der Waals surface area contributed by atoms with Gasteiger partial charge in [0.15, 0.2) is 10.4 Å². The van der Waals surface area contributed by atoms with Crippen LogP contribution in [0.3, 0.4) is 0 Å². The van der Waals surface area contributed by atoms with Gasteiger partial charge >= 0.3 is 6.09 Å². The van der Waals surface area contributed by atoms with Crippen molar-refractivity contribution in [3.05, 3.63) is 22.6 Å². The first-order chi connectivity index (χ1) is 12.6. The molecule has 2 N–H and O–H groups in total. The highest BCUT2D eigenvalue weighted by molar-refractivity contribution is 9.10. The van der Waals surface area contributed by atoms with Crippen molar-refractivity contribution >= 4 is 33.8 Å². The third-order valence-corrected chi connectivity index (χ3v) is 4.52. The molecular weight excluding hydrogens is 418 g/mol. The maximum absolute atomic E-state index is 12.2. The van der Waals surface area contributed by atoms with Crippen LogP contribution in [0.5, 0.6) is 0 Å². The van der Waals surface area contributed by atoms with Crippen LogP contribution < -0.4 is 10.6 Å². The average molecular weight is 444 g/mol. The number of amides is 3. The molecule has 0 bridgehead atoms. The first kappa shape index (κ1) is 21.3. The van der Waals surface area contributed by atoms with Crippen LogP contribution in [0.2, 0.25) is 0 Å². The van der Waals surface area contributed by atoms with Crippen molar-refractivity contribution in [3.8, 4) is 0 Å². The van der Waals surface area contributed by atoms with E-state index in [1.807, 2.05) is 0 Å². The summed E-state index contributed by atoms with van der Waals surface area (Å²) in [6.45, 7) is 6.95. The number of rotatable bonds is 5. The molecule has 0 atom stereocenters. The Kier molecular flexibility index (Phi) is 7.29. The summed E-state index contributed by atoms with van der Waals surface area (Å²) < 4.78 is 10.8. The fourth-order valence-corrected chi connectivity index (χ4v) is 3.03. The fourth-order valence-electron chi connectivity index (χ4n) is 2.72. The van der Waals surface area contributed by atoms with Gasteiger partial charge in [0.25, 0.3) is 5.91 Å². The van der Waals surface area contributed by atoms with Crippen molar-refractivity contribution in [2.75, 3.05) is 26.2 Å². The number of furan rings is 1. The molecule has 0 radical (unpaired) electrons. The molecule has 0 spiro atoms. The molecule has 2 heterocycles. The van der Waals surface area contributed by atoms with E-state index in [0.29, 0.717) is 30.2 Å². The zero-order chi connectivity index (χ0) is 20.0. The number of hydrogen-bond acceptors (Lipinski definition) is 5. The summed E-state index contributed by atoms with van der Waals surface area (Å²) in [6.07, 6.45) is 0.985. The number of hydrogen-bond donors (Lipinski definition) is 2. The number of alkyl carbamates (subject to hydrolysis) is 1. The second-order valence-electron chi connectivity index (χ2n) is 7.49. The number of ether oxygens (including phenoxy) is 1. The Hall–Kier alpha value is -2.03. The summed E-state index contributed by atoms with van der Waals surface area (Å²) in [5.41, 5.74) is -0.596. The zero-order valence-electron chi connectivity index (χ0n) is 15.8. The molecule has 0 saturated carbocycles. The van der Waals surface area contributed by atoms with Crippen molar-refractivity contribution in [1.29, 1.82) is 0 Å². The molecule has 1 aromatic heterocycles. The van der Waals surface area contributed by atoms with Crippen LogP contribution in [-0.2, 0) is 9.53 Å². The molecular formula is C18H26BrN3O5. The molecule has 1 saturated heterocycles. The number of piperidine rings is 1. The number of carbonyl (C=O) groups is 3. The van der Waals surface area contributed by atoms with Crippen LogP contribution >= 0.6 is 15.9 Å². The average Bonchev–Trinajstić information content (AvgIpc) is 3.03. The summed E-state index contributed by atoms with van der Waals surface area (Å²) >= 11 is 3.17. The van der Waals surface area contributed by atoms with E-state index in [9.17, 15) is 14.4 Å². The topological polar surface area (TPSA) is 101 Å². The van der Waals surface area contributed by atoms with E-state index < -0.39 is 11.7 Å². The van der Waals surface area contributed by atoms with Crippen LogP contribution in [-0.4, -0.2) is 54.6 Å². The molecule has 1 aliphatic heterocycles. The number of likely N-dealkylation sites (tertiary alicyclic amines) is 1. The Balaban J connectivity index is 1.66. The third-order valence-electron chi connectivity index (χ3n) is 4.10. The van der Waals surface area contributed by atoms with Gasteiger partial charge in [0.05, 0.1) is 0 Å². The summed E-state index contributed by atoms with van der Waals surface area (Å²) in [5.74, 6) is 0.183. The molecule has 150 valence electrons. The maximum atomic E-state index is 12.2. The first-order valence-corrected chi connectivity index (χ1v) is 9.71. The van der Waals surface area contributed by atoms with Gasteiger partial charge < -0.3 is 24.7 Å². The molecule has 0 aromatic carbocycles. The highest BCUT2D eigenvalue weighted by Gasteiger charge is 2.24. The normalized spacial score (nSPS) is 15.3. The van der Waals surface area contributed by atoms with E-state index in [1.54, 1.807) is 37.8 Å². The summed E-state index contributed by atoms with van der Waals surface area (Å²) in [5, 5.41) is 5.34. The number of nitrogens with one attached hydrogen (secondary N) is 2. The Labute approximate surface area is 167 Å². The monoisotopic (exact) mass is 443 g/mol. The van der Waals surface area contributed by atoms with E-state index in [4.69, 9.17) is 9.15 Å². The molecule has 0 unspecified atom stereocenters. The van der Waals surface area contributed by atoms with Gasteiger partial charge in [-0.2, -0.15) is 0 Å². The van der Waals surface area contributed by atoms with E-state index in [0.717, 1.165) is 12.8 Å². The highest BCUT2D eigenvalue weighted by atomic mass is 79.9. The molecule has 2 rings (SSSR count). The van der Waals surface area contributed by atoms with Gasteiger partial charge in [-0.3, -0.25) is 9.59 Å². The fraction of sp³-hybridized carbons (Fsp3) is 0.611. The van der Waals surface area contributed by atoms with Gasteiger partial charge in [0.1, 0.15) is 12.1 Å². The van der Waals surface area contributed by atoms with Gasteiger partial charge in [-0.25, -0.2) is 4.79 Å². The predicted molar refractivity (Wildman–Crippen MR) is 102 cm³/mol. The minimum Gasteiger partial charge on any atom is -0.444 e. The maximum Gasteiger partial charge on any atom is 0.408 e. The van der Waals surface area contributed by atoms with Crippen LogP contribution in [0.4, 0.5) is 4.79 Å². The predicted octanol–water partition coefficient (Wildman–Crippen LogP) is 2.54. The Morgan fingerprint density at radius 1 is 1.22 bits per heavy atom. The largest absolute Gasteiger partial charge is 0.444 e. The van der Waals surface area contributed by atoms with Crippen molar-refractivity contribution < 1.29 is 23.5 Å². The first-order valence-electron chi connectivity index (χ1n) is 8.92. The number of carbonyl (C=O) groups excluding carboxylic acids is 3. The van der Waals surface area contributed by atoms with E-state index in [2.05, 4.69) is 26.6 Å². The minimum atomic E-state index is -0.599. The van der Waals surface area contributed by atoms with Crippen molar-refractivity contribution in [2.24, 2.45) is 5.92 Å². The summed E-state index contributed by atoms with van der Waals surface area (Å²) in [6, 6.07) is 3.28. The molecule has 1 aliphatic rings. The van der Waals surface area contributed by atoms with Crippen molar-refractivity contribution in [3.63, 3.8) is 0 Å². The lowest BCUT2D eigenvalue weighted by Gasteiger charge is -2.32. The Morgan fingerprint density at radius 2 is 1.89 bits per heavy atom. The molecule has 27 heavy (non-hydrogen) atoms. The van der Waals surface area contributed by atoms with Gasteiger partial charge in [-0.15, -0.1) is 0 Å². The van der Waals surface area contributed by atoms with Gasteiger partial charge in [0, 0.05) is 19.6 Å². The second kappa shape index (κ2) is 9.25. The summed E-state index contributed by atoms with van der Waals surface area (Å²) in [7, 11) is 0. The quantitative estimate of drug-likeness (QED) is 0.727. The zero-order valence-corrected chi connectivity index (χ0v) is 17.4. The molecule has 1 aromatic rings. The molecule has 8 nitrogen and oxygen atoms in total. The van der Waals surface area contributed by atoms with Gasteiger partial charge in [-0.05, 0) is 67.6 Å². The van der Waals surface area contributed by atoms with Crippen LogP contribution in [0.25, 0.3) is 0 Å². The summed E-state index contributed by atoms with van der Waals surface area (Å²) in [4.78, 5) is 37.5. The Bertz CT molecular complexity index is 675. The number of nitrogens with zero attached hydrogens (tertiary/aromatic N) is 1. The molecule has 0 aliphatic carbocycles. The lowest BCUT2D eigenvalue weighted by atomic mass is 9.96.